The monoisotopic (exact) mass is 489 g/mol. The van der Waals surface area contributed by atoms with Crippen LogP contribution in [0.3, 0.4) is 0 Å². The van der Waals surface area contributed by atoms with E-state index >= 15 is 0 Å². The molecule has 1 saturated heterocycles. The van der Waals surface area contributed by atoms with Crippen molar-refractivity contribution >= 4 is 22.9 Å². The molecule has 0 amide bonds. The summed E-state index contributed by atoms with van der Waals surface area (Å²) < 4.78 is 31.1. The Morgan fingerprint density at radius 3 is 2.61 bits per heavy atom. The zero-order valence-corrected chi connectivity index (χ0v) is 21.0. The molecule has 0 spiro atoms. The third-order valence-corrected chi connectivity index (χ3v) is 6.61. The van der Waals surface area contributed by atoms with Gasteiger partial charge >= 0.3 is 5.97 Å². The van der Waals surface area contributed by atoms with Gasteiger partial charge in [-0.1, -0.05) is 42.5 Å². The number of fused-ring (bicyclic) bond motifs is 1. The summed E-state index contributed by atoms with van der Waals surface area (Å²) in [6.07, 6.45) is 6.56. The van der Waals surface area contributed by atoms with Crippen molar-refractivity contribution in [3.8, 4) is 11.1 Å². The van der Waals surface area contributed by atoms with E-state index in [1.807, 2.05) is 50.3 Å². The van der Waals surface area contributed by atoms with Crippen LogP contribution in [0.15, 0.2) is 54.6 Å². The van der Waals surface area contributed by atoms with E-state index in [4.69, 9.17) is 19.2 Å². The fraction of sp³-hybridized carbons (Fsp3) is 0.400. The minimum atomic E-state index is -0.828. The topological polar surface area (TPSA) is 57.7 Å². The van der Waals surface area contributed by atoms with Crippen molar-refractivity contribution in [1.82, 2.24) is 4.98 Å². The molecular weight excluding hydrogens is 457 g/mol. The number of halogens is 1. The van der Waals surface area contributed by atoms with Gasteiger partial charge in [-0.2, -0.15) is 0 Å². The van der Waals surface area contributed by atoms with E-state index in [1.165, 1.54) is 12.1 Å². The van der Waals surface area contributed by atoms with Crippen LogP contribution in [0.1, 0.15) is 63.6 Å². The van der Waals surface area contributed by atoms with Crippen LogP contribution in [0, 0.1) is 5.82 Å². The molecule has 1 aliphatic heterocycles. The quantitative estimate of drug-likeness (QED) is 0.342. The molecule has 1 aromatic heterocycles. The number of nitrogens with zero attached hydrogens (tertiary/aromatic N) is 1. The molecule has 2 fully saturated rings. The van der Waals surface area contributed by atoms with Crippen LogP contribution in [-0.4, -0.2) is 35.6 Å². The van der Waals surface area contributed by atoms with Gasteiger partial charge in [-0.25, -0.2) is 4.39 Å². The minimum absolute atomic E-state index is 0.191. The fourth-order valence-corrected chi connectivity index (χ4v) is 5.01. The average molecular weight is 490 g/mol. The number of hydrogen-bond donors (Lipinski definition) is 0. The Labute approximate surface area is 211 Å². The molecular formula is C30H32FNO4. The molecule has 2 aliphatic rings. The van der Waals surface area contributed by atoms with E-state index in [-0.39, 0.29) is 30.4 Å². The number of esters is 1. The van der Waals surface area contributed by atoms with E-state index in [0.29, 0.717) is 18.9 Å². The van der Waals surface area contributed by atoms with Crippen LogP contribution >= 0.6 is 0 Å². The smallest absolute Gasteiger partial charge is 0.308 e. The molecule has 2 atom stereocenters. The number of rotatable bonds is 7. The van der Waals surface area contributed by atoms with Crippen molar-refractivity contribution in [2.45, 2.75) is 70.4 Å². The molecule has 5 rings (SSSR count). The molecule has 2 aromatic carbocycles. The number of carbonyl (C=O) groups is 1. The van der Waals surface area contributed by atoms with Crippen LogP contribution in [0.4, 0.5) is 4.39 Å². The lowest BCUT2D eigenvalue weighted by Gasteiger charge is -2.39. The predicted octanol–water partition coefficient (Wildman–Crippen LogP) is 6.79. The summed E-state index contributed by atoms with van der Waals surface area (Å²) in [6, 6.07) is 14.8. The molecule has 0 N–H and O–H groups in total. The van der Waals surface area contributed by atoms with Crippen LogP contribution in [-0.2, 0) is 19.0 Å². The van der Waals surface area contributed by atoms with Crippen molar-refractivity contribution < 1.29 is 23.4 Å². The first-order valence-corrected chi connectivity index (χ1v) is 12.7. The molecule has 3 aromatic rings. The molecule has 0 unspecified atom stereocenters. The molecule has 0 bridgehead atoms. The largest absolute Gasteiger partial charge is 0.466 e. The van der Waals surface area contributed by atoms with Crippen LogP contribution in [0.5, 0.6) is 0 Å². The number of para-hydroxylation sites is 1. The van der Waals surface area contributed by atoms with Crippen molar-refractivity contribution in [2.75, 3.05) is 6.61 Å². The van der Waals surface area contributed by atoms with E-state index in [2.05, 4.69) is 12.1 Å². The number of carbonyl (C=O) groups excluding carboxylic acids is 1. The maximum Gasteiger partial charge on any atom is 0.308 e. The summed E-state index contributed by atoms with van der Waals surface area (Å²) in [7, 11) is 0. The second kappa shape index (κ2) is 10.1. The highest BCUT2D eigenvalue weighted by Crippen LogP contribution is 2.45. The number of hydrogen-bond acceptors (Lipinski definition) is 5. The van der Waals surface area contributed by atoms with Gasteiger partial charge in [0.25, 0.3) is 0 Å². The lowest BCUT2D eigenvalue weighted by molar-refractivity contribution is -0.290. The van der Waals surface area contributed by atoms with Gasteiger partial charge in [-0.15, -0.1) is 0 Å². The van der Waals surface area contributed by atoms with Crippen LogP contribution in [0.2, 0.25) is 0 Å². The summed E-state index contributed by atoms with van der Waals surface area (Å²) in [5.74, 6) is -0.944. The lowest BCUT2D eigenvalue weighted by atomic mass is 9.92. The first-order chi connectivity index (χ1) is 17.3. The standard InChI is InChI=1S/C30H32FNO4/c1-4-34-27(33)18-23-17-22(35-30(2,3)36-23)15-16-25-28(19-11-13-21(31)14-12-19)24-7-5-6-8-26(24)32-29(25)20-9-10-20/h5-8,11-16,20,22-23H,4,9-10,17-18H2,1-3H3/b16-15+/t22-,23-/m1/s1. The Kier molecular flexibility index (Phi) is 6.91. The Balaban J connectivity index is 1.54. The second-order valence-corrected chi connectivity index (χ2v) is 9.98. The fourth-order valence-electron chi connectivity index (χ4n) is 5.01. The summed E-state index contributed by atoms with van der Waals surface area (Å²) in [4.78, 5) is 17.1. The maximum atomic E-state index is 13.8. The van der Waals surface area contributed by atoms with Crippen LogP contribution in [0.25, 0.3) is 28.1 Å². The molecule has 0 radical (unpaired) electrons. The molecule has 2 heterocycles. The lowest BCUT2D eigenvalue weighted by Crippen LogP contribution is -2.44. The molecule has 188 valence electrons. The Morgan fingerprint density at radius 2 is 1.89 bits per heavy atom. The first-order valence-electron chi connectivity index (χ1n) is 12.7. The molecule has 36 heavy (non-hydrogen) atoms. The zero-order chi connectivity index (χ0) is 25.3. The maximum absolute atomic E-state index is 13.8. The van der Waals surface area contributed by atoms with Crippen molar-refractivity contribution in [1.29, 1.82) is 0 Å². The minimum Gasteiger partial charge on any atom is -0.466 e. The summed E-state index contributed by atoms with van der Waals surface area (Å²) in [5.41, 5.74) is 5.04. The highest BCUT2D eigenvalue weighted by Gasteiger charge is 2.36. The first kappa shape index (κ1) is 24.6. The summed E-state index contributed by atoms with van der Waals surface area (Å²) >= 11 is 0. The van der Waals surface area contributed by atoms with Gasteiger partial charge in [-0.05, 0) is 57.4 Å². The van der Waals surface area contributed by atoms with Gasteiger partial charge < -0.3 is 14.2 Å². The van der Waals surface area contributed by atoms with Crippen molar-refractivity contribution in [3.63, 3.8) is 0 Å². The SMILES string of the molecule is CCOC(=O)C[C@H]1C[C@@H](/C=C/c2c(C3CC3)nc3ccccc3c2-c2ccc(F)cc2)OC(C)(C)O1. The third kappa shape index (κ3) is 5.50. The summed E-state index contributed by atoms with van der Waals surface area (Å²) in [6.45, 7) is 5.87. The molecule has 1 saturated carbocycles. The number of benzene rings is 2. The molecule has 1 aliphatic carbocycles. The van der Waals surface area contributed by atoms with Gasteiger partial charge in [-0.3, -0.25) is 9.78 Å². The normalized spacial score (nSPS) is 21.7. The predicted molar refractivity (Wildman–Crippen MR) is 138 cm³/mol. The van der Waals surface area contributed by atoms with Crippen molar-refractivity contribution in [3.05, 3.63) is 71.7 Å². The van der Waals surface area contributed by atoms with Gasteiger partial charge in [0.15, 0.2) is 5.79 Å². The zero-order valence-electron chi connectivity index (χ0n) is 21.0. The number of aromatic nitrogens is 1. The van der Waals surface area contributed by atoms with Crippen molar-refractivity contribution in [2.24, 2.45) is 0 Å². The Hall–Kier alpha value is -3.09. The van der Waals surface area contributed by atoms with E-state index < -0.39 is 5.79 Å². The highest BCUT2D eigenvalue weighted by molar-refractivity contribution is 5.99. The van der Waals surface area contributed by atoms with E-state index in [9.17, 15) is 9.18 Å². The summed E-state index contributed by atoms with van der Waals surface area (Å²) in [5, 5.41) is 1.03. The van der Waals surface area contributed by atoms with E-state index in [1.54, 1.807) is 6.92 Å². The van der Waals surface area contributed by atoms with Gasteiger partial charge in [0.1, 0.15) is 5.82 Å². The number of ether oxygens (including phenoxy) is 3. The van der Waals surface area contributed by atoms with Gasteiger partial charge in [0, 0.05) is 28.9 Å². The highest BCUT2D eigenvalue weighted by atomic mass is 19.1. The average Bonchev–Trinajstić information content (AvgIpc) is 3.67. The van der Waals surface area contributed by atoms with E-state index in [0.717, 1.165) is 46.1 Å². The Morgan fingerprint density at radius 1 is 1.14 bits per heavy atom. The second-order valence-electron chi connectivity index (χ2n) is 9.98. The molecule has 6 heteroatoms. The van der Waals surface area contributed by atoms with Gasteiger partial charge in [0.05, 0.1) is 36.4 Å². The Bertz CT molecular complexity index is 1280. The molecule has 5 nitrogen and oxygen atoms in total. The van der Waals surface area contributed by atoms with Crippen LogP contribution < -0.4 is 0 Å². The third-order valence-electron chi connectivity index (χ3n) is 6.61. The number of pyridine rings is 1. The van der Waals surface area contributed by atoms with Gasteiger partial charge in [0.2, 0.25) is 0 Å².